The first-order valence-corrected chi connectivity index (χ1v) is 6.02. The summed E-state index contributed by atoms with van der Waals surface area (Å²) in [6, 6.07) is 7.21. The highest BCUT2D eigenvalue weighted by Gasteiger charge is 2.12. The number of nitriles is 1. The molecule has 1 aromatic rings. The van der Waals surface area contributed by atoms with Crippen LogP contribution in [-0.2, 0) is 4.79 Å². The molecule has 0 heterocycles. The number of hydrogen-bond donors (Lipinski definition) is 1. The monoisotopic (exact) mass is 265 g/mol. The maximum absolute atomic E-state index is 11.6. The average Bonchev–Trinajstić information content (AvgIpc) is 2.27. The summed E-state index contributed by atoms with van der Waals surface area (Å²) in [4.78, 5) is 13.4. The first kappa shape index (κ1) is 14.3. The number of amides is 1. The smallest absolute Gasteiger partial charge is 0.239 e. The molecule has 0 bridgehead atoms. The largest absolute Gasteiger partial charge is 0.364 e. The molecule has 0 aliphatic carbocycles. The Labute approximate surface area is 112 Å². The molecule has 4 nitrogen and oxygen atoms in total. The molecule has 0 fully saturated rings. The molecule has 1 amide bonds. The van der Waals surface area contributed by atoms with Crippen LogP contribution in [0.5, 0.6) is 0 Å². The van der Waals surface area contributed by atoms with Gasteiger partial charge in [0.25, 0.3) is 0 Å². The summed E-state index contributed by atoms with van der Waals surface area (Å²) in [6.45, 7) is 4.01. The van der Waals surface area contributed by atoms with Crippen molar-refractivity contribution in [1.29, 1.82) is 5.26 Å². The van der Waals surface area contributed by atoms with Crippen molar-refractivity contribution >= 4 is 23.2 Å². The van der Waals surface area contributed by atoms with Crippen LogP contribution in [0.2, 0.25) is 5.02 Å². The normalized spacial score (nSPS) is 10.0. The fourth-order valence-corrected chi connectivity index (χ4v) is 1.77. The zero-order valence-corrected chi connectivity index (χ0v) is 11.5. The lowest BCUT2D eigenvalue weighted by Crippen LogP contribution is -2.38. The van der Waals surface area contributed by atoms with Gasteiger partial charge in [0.05, 0.1) is 17.8 Å². The number of nitrogens with zero attached hydrogens (tertiary/aromatic N) is 2. The Morgan fingerprint density at radius 3 is 2.78 bits per heavy atom. The van der Waals surface area contributed by atoms with Crippen molar-refractivity contribution in [2.75, 3.05) is 18.5 Å². The number of benzene rings is 1. The number of likely N-dealkylation sites (N-methyl/N-ethyl adjacent to an activating group) is 1. The second-order valence-corrected chi connectivity index (χ2v) is 4.79. The summed E-state index contributed by atoms with van der Waals surface area (Å²) in [5.41, 5.74) is 1.16. The fourth-order valence-electron chi connectivity index (χ4n) is 1.60. The Hall–Kier alpha value is -1.73. The number of rotatable bonds is 4. The summed E-state index contributed by atoms with van der Waals surface area (Å²) >= 11 is 5.83. The van der Waals surface area contributed by atoms with Crippen LogP contribution in [0.25, 0.3) is 0 Å². The van der Waals surface area contributed by atoms with Crippen molar-refractivity contribution in [2.24, 2.45) is 0 Å². The van der Waals surface area contributed by atoms with Crippen LogP contribution >= 0.6 is 11.6 Å². The van der Waals surface area contributed by atoms with Crippen LogP contribution in [0.3, 0.4) is 0 Å². The minimum atomic E-state index is -0.0775. The molecule has 0 spiro atoms. The maximum Gasteiger partial charge on any atom is 0.239 e. The van der Waals surface area contributed by atoms with E-state index in [1.54, 1.807) is 30.1 Å². The molecular weight excluding hydrogens is 250 g/mol. The van der Waals surface area contributed by atoms with Crippen LogP contribution in [0.4, 0.5) is 5.69 Å². The van der Waals surface area contributed by atoms with Crippen LogP contribution < -0.4 is 10.2 Å². The Morgan fingerprint density at radius 1 is 1.56 bits per heavy atom. The van der Waals surface area contributed by atoms with E-state index in [-0.39, 0.29) is 18.5 Å². The minimum absolute atomic E-state index is 0.0775. The molecule has 96 valence electrons. The van der Waals surface area contributed by atoms with Crippen molar-refractivity contribution in [3.8, 4) is 6.07 Å². The number of halogens is 1. The van der Waals surface area contributed by atoms with Gasteiger partial charge in [-0.1, -0.05) is 11.6 Å². The van der Waals surface area contributed by atoms with E-state index in [1.165, 1.54) is 0 Å². The van der Waals surface area contributed by atoms with Gasteiger partial charge in [-0.15, -0.1) is 0 Å². The second kappa shape index (κ2) is 6.27. The van der Waals surface area contributed by atoms with Gasteiger partial charge >= 0.3 is 0 Å². The Balaban J connectivity index is 2.82. The van der Waals surface area contributed by atoms with Crippen LogP contribution in [-0.4, -0.2) is 25.5 Å². The molecule has 5 heteroatoms. The lowest BCUT2D eigenvalue weighted by atomic mass is 10.2. The van der Waals surface area contributed by atoms with E-state index in [1.807, 2.05) is 13.8 Å². The molecule has 0 aliphatic rings. The first-order valence-electron chi connectivity index (χ1n) is 5.64. The number of nitrogens with one attached hydrogen (secondary N) is 1. The van der Waals surface area contributed by atoms with Gasteiger partial charge < -0.3 is 10.2 Å². The topological polar surface area (TPSA) is 56.1 Å². The van der Waals surface area contributed by atoms with Gasteiger partial charge in [-0.05, 0) is 32.0 Å². The lowest BCUT2D eigenvalue weighted by Gasteiger charge is -2.20. The van der Waals surface area contributed by atoms with Crippen molar-refractivity contribution in [2.45, 2.75) is 19.9 Å². The molecule has 0 aliphatic heterocycles. The second-order valence-electron chi connectivity index (χ2n) is 4.35. The third-order valence-corrected chi connectivity index (χ3v) is 2.56. The van der Waals surface area contributed by atoms with E-state index < -0.39 is 0 Å². The van der Waals surface area contributed by atoms with Crippen LogP contribution in [0, 0.1) is 11.3 Å². The lowest BCUT2D eigenvalue weighted by molar-refractivity contribution is -0.120. The zero-order valence-electron chi connectivity index (χ0n) is 10.7. The van der Waals surface area contributed by atoms with Gasteiger partial charge in [0.1, 0.15) is 6.07 Å². The van der Waals surface area contributed by atoms with Gasteiger partial charge in [-0.25, -0.2) is 0 Å². The van der Waals surface area contributed by atoms with E-state index in [0.29, 0.717) is 16.3 Å². The maximum atomic E-state index is 11.6. The third-order valence-electron chi connectivity index (χ3n) is 2.32. The molecule has 0 saturated heterocycles. The highest BCUT2D eigenvalue weighted by atomic mass is 35.5. The molecule has 0 unspecified atom stereocenters. The van der Waals surface area contributed by atoms with Crippen molar-refractivity contribution in [3.63, 3.8) is 0 Å². The molecule has 0 radical (unpaired) electrons. The van der Waals surface area contributed by atoms with E-state index in [9.17, 15) is 4.79 Å². The highest BCUT2D eigenvalue weighted by Crippen LogP contribution is 2.22. The Morgan fingerprint density at radius 2 is 2.22 bits per heavy atom. The summed E-state index contributed by atoms with van der Waals surface area (Å²) in [5, 5.41) is 12.3. The SMILES string of the molecule is CC(C)NC(=O)CN(C)c1ccc(Cl)cc1C#N. The van der Waals surface area contributed by atoms with Crippen molar-refractivity contribution < 1.29 is 4.79 Å². The molecule has 18 heavy (non-hydrogen) atoms. The zero-order chi connectivity index (χ0) is 13.7. The van der Waals surface area contributed by atoms with Crippen LogP contribution in [0.1, 0.15) is 19.4 Å². The number of hydrogen-bond acceptors (Lipinski definition) is 3. The Kier molecular flexibility index (Phi) is 4.99. The molecule has 0 atom stereocenters. The van der Waals surface area contributed by atoms with Crippen molar-refractivity contribution in [3.05, 3.63) is 28.8 Å². The number of carbonyl (C=O) groups is 1. The molecule has 1 N–H and O–H groups in total. The molecular formula is C13H16ClN3O. The summed E-state index contributed by atoms with van der Waals surface area (Å²) < 4.78 is 0. The highest BCUT2D eigenvalue weighted by molar-refractivity contribution is 6.30. The first-order chi connectivity index (χ1) is 8.43. The molecule has 1 rings (SSSR count). The van der Waals surface area contributed by atoms with Gasteiger partial charge in [0, 0.05) is 18.1 Å². The molecule has 0 aromatic heterocycles. The van der Waals surface area contributed by atoms with Crippen molar-refractivity contribution in [1.82, 2.24) is 5.32 Å². The molecule has 1 aromatic carbocycles. The minimum Gasteiger partial charge on any atom is -0.364 e. The fraction of sp³-hybridized carbons (Fsp3) is 0.385. The quantitative estimate of drug-likeness (QED) is 0.908. The van der Waals surface area contributed by atoms with E-state index in [0.717, 1.165) is 0 Å². The average molecular weight is 266 g/mol. The van der Waals surface area contributed by atoms with Gasteiger partial charge in [0.2, 0.25) is 5.91 Å². The summed E-state index contributed by atoms with van der Waals surface area (Å²) in [5.74, 6) is -0.0775. The van der Waals surface area contributed by atoms with Gasteiger partial charge in [-0.2, -0.15) is 5.26 Å². The standard InChI is InChI=1S/C13H16ClN3O/c1-9(2)16-13(18)8-17(3)12-5-4-11(14)6-10(12)7-15/h4-6,9H,8H2,1-3H3,(H,16,18). The van der Waals surface area contributed by atoms with Gasteiger partial charge in [0.15, 0.2) is 0 Å². The van der Waals surface area contributed by atoms with E-state index >= 15 is 0 Å². The summed E-state index contributed by atoms with van der Waals surface area (Å²) in [6.07, 6.45) is 0. The van der Waals surface area contributed by atoms with Crippen LogP contribution in [0.15, 0.2) is 18.2 Å². The number of carbonyl (C=O) groups excluding carboxylic acids is 1. The Bertz CT molecular complexity index is 480. The summed E-state index contributed by atoms with van der Waals surface area (Å²) in [7, 11) is 1.77. The van der Waals surface area contributed by atoms with E-state index in [2.05, 4.69) is 11.4 Å². The predicted molar refractivity (Wildman–Crippen MR) is 72.7 cm³/mol. The third kappa shape index (κ3) is 3.94. The van der Waals surface area contributed by atoms with E-state index in [4.69, 9.17) is 16.9 Å². The number of anilines is 1. The molecule has 0 saturated carbocycles. The van der Waals surface area contributed by atoms with Gasteiger partial charge in [-0.3, -0.25) is 4.79 Å². The predicted octanol–water partition coefficient (Wildman–Crippen LogP) is 2.17.